The molecule has 1 atom stereocenters. The van der Waals surface area contributed by atoms with Crippen LogP contribution in [-0.2, 0) is 32.6 Å². The summed E-state index contributed by atoms with van der Waals surface area (Å²) >= 11 is 6.10. The first kappa shape index (κ1) is 30.5. The molecule has 0 heterocycles. The van der Waals surface area contributed by atoms with E-state index in [0.717, 1.165) is 41.8 Å². The molecule has 2 amide bonds. The van der Waals surface area contributed by atoms with Crippen LogP contribution in [0.3, 0.4) is 0 Å². The van der Waals surface area contributed by atoms with Gasteiger partial charge in [-0.1, -0.05) is 66.9 Å². The van der Waals surface area contributed by atoms with E-state index in [1.807, 2.05) is 30.3 Å². The van der Waals surface area contributed by atoms with Gasteiger partial charge in [0.15, 0.2) is 0 Å². The molecule has 0 spiro atoms. The Labute approximate surface area is 246 Å². The number of anilines is 1. The fourth-order valence-corrected chi connectivity index (χ4v) is 6.34. The van der Waals surface area contributed by atoms with Crippen molar-refractivity contribution < 1.29 is 22.4 Å². The van der Waals surface area contributed by atoms with Crippen molar-refractivity contribution in [3.8, 4) is 0 Å². The lowest BCUT2D eigenvalue weighted by molar-refractivity contribution is -0.140. The molecule has 0 aromatic heterocycles. The van der Waals surface area contributed by atoms with Crippen LogP contribution in [0.15, 0.2) is 72.8 Å². The smallest absolute Gasteiger partial charge is 0.244 e. The summed E-state index contributed by atoms with van der Waals surface area (Å²) < 4.78 is 40.6. The summed E-state index contributed by atoms with van der Waals surface area (Å²) in [6.07, 6.45) is 5.05. The van der Waals surface area contributed by atoms with E-state index in [0.29, 0.717) is 21.8 Å². The van der Waals surface area contributed by atoms with Crippen molar-refractivity contribution >= 4 is 39.1 Å². The molecule has 218 valence electrons. The summed E-state index contributed by atoms with van der Waals surface area (Å²) in [5.41, 5.74) is 2.37. The molecule has 1 unspecified atom stereocenters. The molecule has 1 fully saturated rings. The van der Waals surface area contributed by atoms with Gasteiger partial charge in [0.25, 0.3) is 0 Å². The lowest BCUT2D eigenvalue weighted by Crippen LogP contribution is -2.54. The van der Waals surface area contributed by atoms with Crippen LogP contribution in [0.1, 0.15) is 42.4 Å². The molecular weight excluding hydrogens is 565 g/mol. The van der Waals surface area contributed by atoms with Crippen molar-refractivity contribution in [2.75, 3.05) is 17.1 Å². The predicted molar refractivity (Wildman–Crippen MR) is 160 cm³/mol. The zero-order valence-corrected chi connectivity index (χ0v) is 24.8. The van der Waals surface area contributed by atoms with E-state index in [-0.39, 0.29) is 24.9 Å². The van der Waals surface area contributed by atoms with Crippen molar-refractivity contribution in [3.05, 3.63) is 100 Å². The summed E-state index contributed by atoms with van der Waals surface area (Å²) in [5, 5.41) is 3.56. The van der Waals surface area contributed by atoms with Gasteiger partial charge < -0.3 is 10.2 Å². The number of aryl methyl sites for hydroxylation is 1. The molecule has 3 aromatic rings. The SMILES string of the molecule is Cc1cc(Cl)ccc1N(CC(=O)N(Cc1ccc(F)cc1)C(Cc1ccccc1)C(=O)NC1CCCC1)S(C)(=O)=O. The maximum Gasteiger partial charge on any atom is 0.244 e. The average Bonchev–Trinajstić information content (AvgIpc) is 3.43. The minimum absolute atomic E-state index is 0.00803. The lowest BCUT2D eigenvalue weighted by Gasteiger charge is -2.34. The van der Waals surface area contributed by atoms with Crippen LogP contribution in [0.4, 0.5) is 10.1 Å². The molecule has 0 bridgehead atoms. The molecule has 10 heteroatoms. The first-order valence-electron chi connectivity index (χ1n) is 13.6. The van der Waals surface area contributed by atoms with Gasteiger partial charge in [-0.15, -0.1) is 0 Å². The highest BCUT2D eigenvalue weighted by Gasteiger charge is 2.34. The third-order valence-electron chi connectivity index (χ3n) is 7.35. The Bertz CT molecular complexity index is 1460. The van der Waals surface area contributed by atoms with Gasteiger partial charge in [-0.05, 0) is 66.8 Å². The zero-order chi connectivity index (χ0) is 29.6. The predicted octanol–water partition coefficient (Wildman–Crippen LogP) is 5.25. The summed E-state index contributed by atoms with van der Waals surface area (Å²) in [5.74, 6) is -1.28. The minimum atomic E-state index is -3.89. The number of hydrogen-bond acceptors (Lipinski definition) is 4. The lowest BCUT2D eigenvalue weighted by atomic mass is 10.0. The summed E-state index contributed by atoms with van der Waals surface area (Å²) in [6.45, 7) is 1.18. The second-order valence-corrected chi connectivity index (χ2v) is 12.9. The van der Waals surface area contributed by atoms with Crippen LogP contribution in [0.2, 0.25) is 5.02 Å². The highest BCUT2D eigenvalue weighted by molar-refractivity contribution is 7.92. The maximum atomic E-state index is 14.1. The van der Waals surface area contributed by atoms with Gasteiger partial charge in [0, 0.05) is 24.0 Å². The number of hydrogen-bond donors (Lipinski definition) is 1. The number of amides is 2. The summed E-state index contributed by atoms with van der Waals surface area (Å²) in [6, 6.07) is 18.9. The van der Waals surface area contributed by atoms with Crippen molar-refractivity contribution in [2.45, 2.75) is 57.7 Å². The Morgan fingerprint density at radius 2 is 1.66 bits per heavy atom. The molecule has 4 rings (SSSR count). The molecular formula is C31H35ClFN3O4S. The van der Waals surface area contributed by atoms with Crippen LogP contribution in [0, 0.1) is 12.7 Å². The van der Waals surface area contributed by atoms with Crippen molar-refractivity contribution in [1.82, 2.24) is 10.2 Å². The minimum Gasteiger partial charge on any atom is -0.352 e. The Kier molecular flexibility index (Phi) is 10.0. The first-order chi connectivity index (χ1) is 19.5. The number of rotatable bonds is 11. The fraction of sp³-hybridized carbons (Fsp3) is 0.355. The van der Waals surface area contributed by atoms with Crippen molar-refractivity contribution in [1.29, 1.82) is 0 Å². The van der Waals surface area contributed by atoms with E-state index in [1.165, 1.54) is 17.0 Å². The molecule has 3 aromatic carbocycles. The number of nitrogens with one attached hydrogen (secondary N) is 1. The van der Waals surface area contributed by atoms with Gasteiger partial charge in [-0.3, -0.25) is 13.9 Å². The summed E-state index contributed by atoms with van der Waals surface area (Å²) in [7, 11) is -3.89. The van der Waals surface area contributed by atoms with E-state index < -0.39 is 34.3 Å². The molecule has 0 aliphatic heterocycles. The molecule has 0 radical (unpaired) electrons. The van der Waals surface area contributed by atoms with Crippen molar-refractivity contribution in [2.24, 2.45) is 0 Å². The number of sulfonamides is 1. The van der Waals surface area contributed by atoms with Crippen LogP contribution >= 0.6 is 11.6 Å². The molecule has 0 saturated heterocycles. The normalized spacial score (nSPS) is 14.4. The van der Waals surface area contributed by atoms with Gasteiger partial charge in [-0.2, -0.15) is 0 Å². The highest BCUT2D eigenvalue weighted by atomic mass is 35.5. The van der Waals surface area contributed by atoms with Gasteiger partial charge >= 0.3 is 0 Å². The number of halogens is 2. The maximum absolute atomic E-state index is 14.1. The first-order valence-corrected chi connectivity index (χ1v) is 15.9. The number of benzene rings is 3. The quantitative estimate of drug-likeness (QED) is 0.326. The second kappa shape index (κ2) is 13.5. The molecule has 7 nitrogen and oxygen atoms in total. The molecule has 1 aliphatic rings. The van der Waals surface area contributed by atoms with Gasteiger partial charge in [0.1, 0.15) is 18.4 Å². The zero-order valence-electron chi connectivity index (χ0n) is 23.2. The Hall–Kier alpha value is -3.43. The van der Waals surface area contributed by atoms with E-state index in [9.17, 15) is 22.4 Å². The third kappa shape index (κ3) is 8.30. The molecule has 1 N–H and O–H groups in total. The molecule has 1 saturated carbocycles. The van der Waals surface area contributed by atoms with Crippen molar-refractivity contribution in [3.63, 3.8) is 0 Å². The Morgan fingerprint density at radius 1 is 1.00 bits per heavy atom. The Balaban J connectivity index is 1.73. The molecule has 1 aliphatic carbocycles. The van der Waals surface area contributed by atoms with Crippen LogP contribution in [0.25, 0.3) is 0 Å². The third-order valence-corrected chi connectivity index (χ3v) is 8.71. The molecule has 41 heavy (non-hydrogen) atoms. The number of nitrogens with zero attached hydrogens (tertiary/aromatic N) is 2. The second-order valence-electron chi connectivity index (χ2n) is 10.5. The van der Waals surface area contributed by atoms with E-state index in [2.05, 4.69) is 5.32 Å². The Morgan fingerprint density at radius 3 is 2.27 bits per heavy atom. The topological polar surface area (TPSA) is 86.8 Å². The summed E-state index contributed by atoms with van der Waals surface area (Å²) in [4.78, 5) is 29.4. The van der Waals surface area contributed by atoms with Crippen LogP contribution < -0.4 is 9.62 Å². The number of carbonyl (C=O) groups excluding carboxylic acids is 2. The number of carbonyl (C=O) groups is 2. The van der Waals surface area contributed by atoms with Crippen LogP contribution in [-0.4, -0.2) is 50.0 Å². The van der Waals surface area contributed by atoms with E-state index >= 15 is 0 Å². The van der Waals surface area contributed by atoms with Crippen LogP contribution in [0.5, 0.6) is 0 Å². The average molecular weight is 600 g/mol. The van der Waals surface area contributed by atoms with E-state index in [1.54, 1.807) is 37.3 Å². The monoisotopic (exact) mass is 599 g/mol. The van der Waals surface area contributed by atoms with E-state index in [4.69, 9.17) is 11.6 Å². The fourth-order valence-electron chi connectivity index (χ4n) is 5.20. The van der Waals surface area contributed by atoms with Gasteiger partial charge in [-0.25, -0.2) is 12.8 Å². The largest absolute Gasteiger partial charge is 0.352 e. The van der Waals surface area contributed by atoms with Gasteiger partial charge in [0.05, 0.1) is 11.9 Å². The standard InChI is InChI=1S/C31H35ClFN3O4S/c1-22-18-25(32)14-17-28(22)36(41(2,39)40)21-30(37)35(20-24-12-15-26(33)16-13-24)29(19-23-8-4-3-5-9-23)31(38)34-27-10-6-7-11-27/h3-5,8-9,12-18,27,29H,6-7,10-11,19-21H2,1-2H3,(H,34,38). The highest BCUT2D eigenvalue weighted by Crippen LogP contribution is 2.27. The van der Waals surface area contributed by atoms with Gasteiger partial charge in [0.2, 0.25) is 21.8 Å².